The van der Waals surface area contributed by atoms with Crippen molar-refractivity contribution in [2.24, 2.45) is 0 Å². The molecular weight excluding hydrogens is 438 g/mol. The molecule has 1 amide bonds. The maximum atomic E-state index is 13.1. The molecular formula is C26H21NO5S. The van der Waals surface area contributed by atoms with Crippen LogP contribution >= 0.6 is 11.3 Å². The maximum Gasteiger partial charge on any atom is 0.308 e. The number of para-hydroxylation sites is 1. The van der Waals surface area contributed by atoms with Gasteiger partial charge in [-0.15, -0.1) is 11.3 Å². The standard InChI is InChI=1S/C26H21NO5S/c1-32-20-13-18(12-19(28)14-20)16-5-4-6-17(11-16)26(31)27-23-8-3-2-7-22(23)24-10-9-21(33-24)15-25(29)30/h2-14,28H,15H2,1H3,(H,27,31)(H,29,30). The second-order valence-corrected chi connectivity index (χ2v) is 8.51. The van der Waals surface area contributed by atoms with Gasteiger partial charge in [-0.2, -0.15) is 0 Å². The van der Waals surface area contributed by atoms with Crippen molar-refractivity contribution in [3.8, 4) is 33.1 Å². The molecule has 4 aromatic rings. The average molecular weight is 460 g/mol. The lowest BCUT2D eigenvalue weighted by Crippen LogP contribution is -2.12. The van der Waals surface area contributed by atoms with Gasteiger partial charge in [-0.05, 0) is 53.6 Å². The number of phenolic OH excluding ortho intramolecular Hbond substituents is 1. The van der Waals surface area contributed by atoms with Gasteiger partial charge >= 0.3 is 5.97 Å². The van der Waals surface area contributed by atoms with Crippen LogP contribution in [0.4, 0.5) is 5.69 Å². The van der Waals surface area contributed by atoms with E-state index in [-0.39, 0.29) is 18.1 Å². The lowest BCUT2D eigenvalue weighted by atomic mass is 10.0. The van der Waals surface area contributed by atoms with E-state index in [0.717, 1.165) is 26.4 Å². The topological polar surface area (TPSA) is 95.9 Å². The monoisotopic (exact) mass is 459 g/mol. The Balaban J connectivity index is 1.60. The zero-order valence-corrected chi connectivity index (χ0v) is 18.6. The van der Waals surface area contributed by atoms with Gasteiger partial charge in [0.25, 0.3) is 5.91 Å². The molecule has 0 saturated carbocycles. The summed E-state index contributed by atoms with van der Waals surface area (Å²) in [5, 5.41) is 21.9. The number of carbonyl (C=O) groups is 2. The zero-order chi connectivity index (χ0) is 23.4. The number of thiophene rings is 1. The van der Waals surface area contributed by atoms with Crippen molar-refractivity contribution in [3.63, 3.8) is 0 Å². The molecule has 166 valence electrons. The first-order valence-corrected chi connectivity index (χ1v) is 10.9. The first kappa shape index (κ1) is 22.1. The molecule has 3 N–H and O–H groups in total. The molecule has 0 aliphatic heterocycles. The number of nitrogens with one attached hydrogen (secondary N) is 1. The number of hydrogen-bond donors (Lipinski definition) is 3. The molecule has 0 saturated heterocycles. The fourth-order valence-corrected chi connectivity index (χ4v) is 4.51. The highest BCUT2D eigenvalue weighted by atomic mass is 32.1. The molecule has 3 aromatic carbocycles. The van der Waals surface area contributed by atoms with E-state index in [1.807, 2.05) is 36.4 Å². The van der Waals surface area contributed by atoms with E-state index in [2.05, 4.69) is 5.32 Å². The van der Waals surface area contributed by atoms with Gasteiger partial charge in [0.1, 0.15) is 11.5 Å². The summed E-state index contributed by atoms with van der Waals surface area (Å²) < 4.78 is 5.22. The van der Waals surface area contributed by atoms with Crippen molar-refractivity contribution in [3.05, 3.63) is 89.3 Å². The molecule has 0 fully saturated rings. The van der Waals surface area contributed by atoms with Gasteiger partial charge in [-0.1, -0.05) is 30.3 Å². The van der Waals surface area contributed by atoms with Crippen LogP contribution in [0.25, 0.3) is 21.6 Å². The molecule has 0 unspecified atom stereocenters. The molecule has 1 aromatic heterocycles. The quantitative estimate of drug-likeness (QED) is 0.331. The number of phenols is 1. The molecule has 0 aliphatic carbocycles. The van der Waals surface area contributed by atoms with Gasteiger partial charge < -0.3 is 20.3 Å². The summed E-state index contributed by atoms with van der Waals surface area (Å²) in [5.74, 6) is -0.564. The van der Waals surface area contributed by atoms with Crippen LogP contribution in [0.2, 0.25) is 0 Å². The highest BCUT2D eigenvalue weighted by Gasteiger charge is 2.14. The predicted molar refractivity (Wildman–Crippen MR) is 129 cm³/mol. The van der Waals surface area contributed by atoms with Crippen molar-refractivity contribution in [1.29, 1.82) is 0 Å². The third-order valence-corrected chi connectivity index (χ3v) is 6.13. The summed E-state index contributed by atoms with van der Waals surface area (Å²) in [4.78, 5) is 25.7. The lowest BCUT2D eigenvalue weighted by molar-refractivity contribution is -0.136. The summed E-state index contributed by atoms with van der Waals surface area (Å²) in [6.45, 7) is 0. The number of benzene rings is 3. The summed E-state index contributed by atoms with van der Waals surface area (Å²) in [7, 11) is 1.53. The summed E-state index contributed by atoms with van der Waals surface area (Å²) in [5.41, 5.74) is 3.41. The van der Waals surface area contributed by atoms with Crippen LogP contribution in [0.3, 0.4) is 0 Å². The van der Waals surface area contributed by atoms with Crippen LogP contribution in [0.15, 0.2) is 78.9 Å². The molecule has 0 bridgehead atoms. The molecule has 33 heavy (non-hydrogen) atoms. The SMILES string of the molecule is COc1cc(O)cc(-c2cccc(C(=O)Nc3ccccc3-c3ccc(CC(=O)O)s3)c2)c1. The maximum absolute atomic E-state index is 13.1. The number of rotatable bonds is 7. The Hall–Kier alpha value is -4.10. The van der Waals surface area contributed by atoms with E-state index in [1.165, 1.54) is 24.5 Å². The largest absolute Gasteiger partial charge is 0.508 e. The first-order valence-electron chi connectivity index (χ1n) is 10.1. The minimum absolute atomic E-state index is 0.0359. The van der Waals surface area contributed by atoms with Gasteiger partial charge in [0.15, 0.2) is 0 Å². The van der Waals surface area contributed by atoms with E-state index in [0.29, 0.717) is 17.0 Å². The molecule has 0 aliphatic rings. The predicted octanol–water partition coefficient (Wildman–Crippen LogP) is 5.68. The lowest BCUT2D eigenvalue weighted by Gasteiger charge is -2.11. The highest BCUT2D eigenvalue weighted by molar-refractivity contribution is 7.15. The molecule has 7 heteroatoms. The van der Waals surface area contributed by atoms with Gasteiger partial charge in [-0.25, -0.2) is 0 Å². The van der Waals surface area contributed by atoms with Crippen molar-refractivity contribution >= 4 is 28.9 Å². The molecule has 1 heterocycles. The van der Waals surface area contributed by atoms with Gasteiger partial charge in [0.05, 0.1) is 13.5 Å². The third-order valence-electron chi connectivity index (χ3n) is 5.01. The Morgan fingerprint density at radius 3 is 2.55 bits per heavy atom. The molecule has 0 spiro atoms. The molecule has 6 nitrogen and oxygen atoms in total. The number of ether oxygens (including phenoxy) is 1. The van der Waals surface area contributed by atoms with E-state index < -0.39 is 5.97 Å². The fraction of sp³-hybridized carbons (Fsp3) is 0.0769. The number of aromatic hydroxyl groups is 1. The van der Waals surface area contributed by atoms with Crippen molar-refractivity contribution in [1.82, 2.24) is 0 Å². The van der Waals surface area contributed by atoms with Crippen LogP contribution in [0.5, 0.6) is 11.5 Å². The first-order chi connectivity index (χ1) is 15.9. The molecule has 0 atom stereocenters. The zero-order valence-electron chi connectivity index (χ0n) is 17.7. The smallest absolute Gasteiger partial charge is 0.308 e. The second-order valence-electron chi connectivity index (χ2n) is 7.34. The number of carboxylic acids is 1. The van der Waals surface area contributed by atoms with Crippen molar-refractivity contribution in [2.45, 2.75) is 6.42 Å². The van der Waals surface area contributed by atoms with Crippen molar-refractivity contribution in [2.75, 3.05) is 12.4 Å². The van der Waals surface area contributed by atoms with Crippen LogP contribution in [-0.2, 0) is 11.2 Å². The highest BCUT2D eigenvalue weighted by Crippen LogP contribution is 2.34. The minimum atomic E-state index is -0.880. The Labute approximate surface area is 194 Å². The van der Waals surface area contributed by atoms with Gasteiger partial charge in [-0.3, -0.25) is 9.59 Å². The molecule has 0 radical (unpaired) electrons. The third kappa shape index (κ3) is 5.22. The van der Waals surface area contributed by atoms with Crippen LogP contribution in [0, 0.1) is 0 Å². The molecule has 4 rings (SSSR count). The van der Waals surface area contributed by atoms with Gasteiger partial charge in [0.2, 0.25) is 0 Å². The number of methoxy groups -OCH3 is 1. The summed E-state index contributed by atoms with van der Waals surface area (Å²) in [6, 6.07) is 23.1. The number of aliphatic carboxylic acids is 1. The van der Waals surface area contributed by atoms with Crippen LogP contribution < -0.4 is 10.1 Å². The van der Waals surface area contributed by atoms with E-state index >= 15 is 0 Å². The van der Waals surface area contributed by atoms with E-state index in [9.17, 15) is 14.7 Å². The Morgan fingerprint density at radius 2 is 1.76 bits per heavy atom. The number of anilines is 1. The average Bonchev–Trinajstić information content (AvgIpc) is 3.26. The Kier molecular flexibility index (Phi) is 6.42. The minimum Gasteiger partial charge on any atom is -0.508 e. The number of carboxylic acid groups (broad SMARTS) is 1. The van der Waals surface area contributed by atoms with Crippen LogP contribution in [-0.4, -0.2) is 29.2 Å². The Bertz CT molecular complexity index is 1330. The normalized spacial score (nSPS) is 10.6. The van der Waals surface area contributed by atoms with Crippen molar-refractivity contribution < 1.29 is 24.5 Å². The van der Waals surface area contributed by atoms with Gasteiger partial charge in [0, 0.05) is 32.6 Å². The number of hydrogen-bond acceptors (Lipinski definition) is 5. The Morgan fingerprint density at radius 1 is 0.939 bits per heavy atom. The fourth-order valence-electron chi connectivity index (χ4n) is 3.48. The summed E-state index contributed by atoms with van der Waals surface area (Å²) in [6.07, 6.45) is -0.0359. The van der Waals surface area contributed by atoms with E-state index in [1.54, 1.807) is 36.4 Å². The second kappa shape index (κ2) is 9.58. The van der Waals surface area contributed by atoms with E-state index in [4.69, 9.17) is 9.84 Å². The van der Waals surface area contributed by atoms with Crippen LogP contribution in [0.1, 0.15) is 15.2 Å². The number of carbonyl (C=O) groups excluding carboxylic acids is 1. The summed E-state index contributed by atoms with van der Waals surface area (Å²) >= 11 is 1.39. The number of amides is 1.